The van der Waals surface area contributed by atoms with Crippen molar-refractivity contribution in [3.63, 3.8) is 0 Å². The molecule has 0 saturated carbocycles. The zero-order valence-corrected chi connectivity index (χ0v) is 29.1. The van der Waals surface area contributed by atoms with Crippen molar-refractivity contribution >= 4 is 10.8 Å². The molecule has 2 aliphatic rings. The van der Waals surface area contributed by atoms with Crippen LogP contribution in [-0.2, 0) is 5.41 Å². The molecule has 1 spiro atoms. The van der Waals surface area contributed by atoms with Crippen molar-refractivity contribution in [2.45, 2.75) is 5.41 Å². The Morgan fingerprint density at radius 2 is 0.870 bits per heavy atom. The molecule has 1 aliphatic heterocycles. The van der Waals surface area contributed by atoms with Gasteiger partial charge in [-0.3, -0.25) is 0 Å². The Bertz CT molecular complexity index is 2880. The first-order valence-electron chi connectivity index (χ1n) is 18.3. The van der Waals surface area contributed by atoms with E-state index in [1.165, 1.54) is 27.5 Å². The molecule has 0 fully saturated rings. The van der Waals surface area contributed by atoms with Crippen LogP contribution in [0.1, 0.15) is 22.3 Å². The summed E-state index contributed by atoms with van der Waals surface area (Å²) in [5.41, 5.74) is 11.5. The van der Waals surface area contributed by atoms with Crippen LogP contribution in [0.25, 0.3) is 67.2 Å². The predicted octanol–water partition coefficient (Wildman–Crippen LogP) is 12.2. The number of ether oxygens (including phenoxy) is 1. The topological polar surface area (TPSA) is 47.9 Å². The van der Waals surface area contributed by atoms with Crippen molar-refractivity contribution in [3.05, 3.63) is 210 Å². The molecule has 0 bridgehead atoms. The monoisotopic (exact) mass is 689 g/mol. The van der Waals surface area contributed by atoms with Crippen molar-refractivity contribution in [3.8, 4) is 67.9 Å². The Morgan fingerprint density at radius 1 is 0.352 bits per heavy atom. The Balaban J connectivity index is 1.16. The van der Waals surface area contributed by atoms with Gasteiger partial charge < -0.3 is 4.74 Å². The van der Waals surface area contributed by atoms with Gasteiger partial charge in [0.15, 0.2) is 17.5 Å². The Morgan fingerprint density at radius 3 is 1.69 bits per heavy atom. The highest BCUT2D eigenvalue weighted by molar-refractivity contribution is 5.98. The van der Waals surface area contributed by atoms with Crippen LogP contribution >= 0.6 is 0 Å². The summed E-state index contributed by atoms with van der Waals surface area (Å²) in [6.45, 7) is 0. The highest BCUT2D eigenvalue weighted by Crippen LogP contribution is 2.63. The van der Waals surface area contributed by atoms with Crippen LogP contribution in [0.5, 0.6) is 11.5 Å². The van der Waals surface area contributed by atoms with Gasteiger partial charge in [0.05, 0.1) is 5.41 Å². The maximum absolute atomic E-state index is 6.57. The van der Waals surface area contributed by atoms with E-state index in [-0.39, 0.29) is 0 Å². The van der Waals surface area contributed by atoms with E-state index >= 15 is 0 Å². The lowest BCUT2D eigenvalue weighted by molar-refractivity contribution is 0.436. The Hall–Kier alpha value is -7.17. The van der Waals surface area contributed by atoms with Crippen LogP contribution in [0.4, 0.5) is 0 Å². The average Bonchev–Trinajstić information content (AvgIpc) is 3.54. The third-order valence-corrected chi connectivity index (χ3v) is 11.0. The van der Waals surface area contributed by atoms with E-state index in [2.05, 4.69) is 158 Å². The number of nitrogens with zero attached hydrogens (tertiary/aromatic N) is 3. The van der Waals surface area contributed by atoms with Gasteiger partial charge in [-0.15, -0.1) is 0 Å². The highest BCUT2D eigenvalue weighted by Gasteiger charge is 2.51. The molecule has 1 aromatic heterocycles. The van der Waals surface area contributed by atoms with Crippen molar-refractivity contribution in [1.29, 1.82) is 0 Å². The Kier molecular flexibility index (Phi) is 6.73. The largest absolute Gasteiger partial charge is 0.457 e. The first-order chi connectivity index (χ1) is 26.8. The van der Waals surface area contributed by atoms with Crippen LogP contribution in [0.3, 0.4) is 0 Å². The number of hydrogen-bond acceptors (Lipinski definition) is 4. The van der Waals surface area contributed by atoms with Crippen molar-refractivity contribution in [1.82, 2.24) is 15.0 Å². The molecule has 0 saturated heterocycles. The molecule has 9 aromatic rings. The van der Waals surface area contributed by atoms with E-state index < -0.39 is 5.41 Å². The fraction of sp³-hybridized carbons (Fsp3) is 0.0200. The third-order valence-electron chi connectivity index (χ3n) is 11.0. The molecule has 4 nitrogen and oxygen atoms in total. The lowest BCUT2D eigenvalue weighted by Crippen LogP contribution is -2.32. The molecule has 1 aliphatic carbocycles. The first-order valence-corrected chi connectivity index (χ1v) is 18.3. The maximum Gasteiger partial charge on any atom is 0.164 e. The van der Waals surface area contributed by atoms with E-state index in [0.717, 1.165) is 56.0 Å². The van der Waals surface area contributed by atoms with Gasteiger partial charge in [-0.1, -0.05) is 170 Å². The van der Waals surface area contributed by atoms with Crippen LogP contribution < -0.4 is 4.74 Å². The zero-order chi connectivity index (χ0) is 35.6. The number of hydrogen-bond donors (Lipinski definition) is 0. The molecule has 54 heavy (non-hydrogen) atoms. The second-order valence-electron chi connectivity index (χ2n) is 13.9. The first kappa shape index (κ1) is 30.5. The van der Waals surface area contributed by atoms with E-state index in [0.29, 0.717) is 17.5 Å². The molecular weight excluding hydrogens is 659 g/mol. The molecule has 0 amide bonds. The Labute approximate surface area is 313 Å². The lowest BCUT2D eigenvalue weighted by atomic mass is 9.66. The summed E-state index contributed by atoms with van der Waals surface area (Å²) < 4.78 is 6.57. The molecule has 0 atom stereocenters. The maximum atomic E-state index is 6.57. The average molecular weight is 690 g/mol. The predicted molar refractivity (Wildman–Crippen MR) is 216 cm³/mol. The quantitative estimate of drug-likeness (QED) is 0.185. The summed E-state index contributed by atoms with van der Waals surface area (Å²) in [5.74, 6) is 3.62. The summed E-state index contributed by atoms with van der Waals surface area (Å²) in [6.07, 6.45) is 0. The van der Waals surface area contributed by atoms with Gasteiger partial charge in [-0.25, -0.2) is 15.0 Å². The number of fused-ring (bicyclic) bond motifs is 10. The highest BCUT2D eigenvalue weighted by atomic mass is 16.5. The molecule has 0 N–H and O–H groups in total. The van der Waals surface area contributed by atoms with E-state index in [9.17, 15) is 0 Å². The van der Waals surface area contributed by atoms with Crippen LogP contribution in [0.15, 0.2) is 188 Å². The van der Waals surface area contributed by atoms with Gasteiger partial charge in [0.2, 0.25) is 0 Å². The summed E-state index contributed by atoms with van der Waals surface area (Å²) in [7, 11) is 0. The summed E-state index contributed by atoms with van der Waals surface area (Å²) in [6, 6.07) is 66.0. The summed E-state index contributed by atoms with van der Waals surface area (Å²) in [4.78, 5) is 15.7. The molecule has 4 heteroatoms. The van der Waals surface area contributed by atoms with E-state index in [1.807, 2.05) is 30.3 Å². The van der Waals surface area contributed by atoms with Gasteiger partial charge in [-0.05, 0) is 62.4 Å². The fourth-order valence-electron chi connectivity index (χ4n) is 8.73. The zero-order valence-electron chi connectivity index (χ0n) is 29.1. The van der Waals surface area contributed by atoms with Crippen molar-refractivity contribution in [2.75, 3.05) is 0 Å². The van der Waals surface area contributed by atoms with Gasteiger partial charge in [0.25, 0.3) is 0 Å². The van der Waals surface area contributed by atoms with Gasteiger partial charge >= 0.3 is 0 Å². The number of para-hydroxylation sites is 2. The van der Waals surface area contributed by atoms with E-state index in [1.54, 1.807) is 0 Å². The molecule has 0 radical (unpaired) electrons. The number of aromatic nitrogens is 3. The fourth-order valence-corrected chi connectivity index (χ4v) is 8.73. The minimum absolute atomic E-state index is 0.585. The molecule has 2 heterocycles. The molecule has 0 unspecified atom stereocenters. The van der Waals surface area contributed by atoms with E-state index in [4.69, 9.17) is 19.7 Å². The van der Waals surface area contributed by atoms with Crippen LogP contribution in [0, 0.1) is 0 Å². The van der Waals surface area contributed by atoms with Crippen LogP contribution in [-0.4, -0.2) is 15.0 Å². The van der Waals surface area contributed by atoms with Gasteiger partial charge in [0.1, 0.15) is 11.5 Å². The molecule has 8 aromatic carbocycles. The molecular formula is C50H31N3O. The second kappa shape index (κ2) is 11.9. The summed E-state index contributed by atoms with van der Waals surface area (Å²) in [5, 5.41) is 2.42. The minimum Gasteiger partial charge on any atom is -0.457 e. The molecule has 11 rings (SSSR count). The number of benzene rings is 8. The van der Waals surface area contributed by atoms with Gasteiger partial charge in [0, 0.05) is 27.8 Å². The normalized spacial score (nSPS) is 13.1. The summed E-state index contributed by atoms with van der Waals surface area (Å²) >= 11 is 0. The SMILES string of the molecule is c1ccc(-c2nc(-c3cccc(-c4cccc5ccccc45)c3)nc(-c3cccc4c3-c3ccccc3C43c4ccccc4Oc4ccccc43)n2)cc1. The standard InChI is InChI=1S/C50H31N3O/c1-2-16-33(17-3-1)47-51-48(35-20-12-19-34(31-35)37-23-13-18-32-15-4-5-21-36(32)37)53-49(52-47)39-24-14-28-43-46(39)38-22-6-7-25-40(38)50(43)41-26-8-10-29-44(41)54-45-30-11-9-27-42(45)50/h1-31H. The van der Waals surface area contributed by atoms with Crippen molar-refractivity contribution in [2.24, 2.45) is 0 Å². The third kappa shape index (κ3) is 4.47. The second-order valence-corrected chi connectivity index (χ2v) is 13.9. The lowest BCUT2D eigenvalue weighted by Gasteiger charge is -2.39. The van der Waals surface area contributed by atoms with Crippen LogP contribution in [0.2, 0.25) is 0 Å². The van der Waals surface area contributed by atoms with Crippen molar-refractivity contribution < 1.29 is 4.74 Å². The number of rotatable bonds is 4. The molecule has 252 valence electrons. The minimum atomic E-state index is -0.585. The van der Waals surface area contributed by atoms with Gasteiger partial charge in [-0.2, -0.15) is 0 Å². The smallest absolute Gasteiger partial charge is 0.164 e.